The van der Waals surface area contributed by atoms with E-state index >= 15 is 0 Å². The molecule has 2 N–H and O–H groups in total. The molecule has 0 saturated carbocycles. The van der Waals surface area contributed by atoms with E-state index in [1.54, 1.807) is 30.3 Å². The van der Waals surface area contributed by atoms with Crippen molar-refractivity contribution in [1.29, 1.82) is 0 Å². The van der Waals surface area contributed by atoms with E-state index in [4.69, 9.17) is 33.7 Å². The van der Waals surface area contributed by atoms with Crippen molar-refractivity contribution in [3.63, 3.8) is 0 Å². The molecule has 0 spiro atoms. The van der Waals surface area contributed by atoms with Crippen LogP contribution in [-0.4, -0.2) is 12.9 Å². The van der Waals surface area contributed by atoms with Crippen LogP contribution in [0.2, 0.25) is 10.0 Å². The van der Waals surface area contributed by atoms with Crippen LogP contribution in [0, 0.1) is 0 Å². The molecule has 2 aromatic rings. The number of nitrogens with two attached hydrogens (primary N) is 1. The van der Waals surface area contributed by atoms with E-state index in [0.717, 1.165) is 0 Å². The number of para-hydroxylation sites is 1. The summed E-state index contributed by atoms with van der Waals surface area (Å²) in [6.45, 7) is 0. The highest BCUT2D eigenvalue weighted by molar-refractivity contribution is 6.42. The highest BCUT2D eigenvalue weighted by atomic mass is 35.5. The van der Waals surface area contributed by atoms with Crippen molar-refractivity contribution in [3.05, 3.63) is 57.6 Å². The van der Waals surface area contributed by atoms with Crippen LogP contribution in [0.1, 0.15) is 15.9 Å². The zero-order valence-electron chi connectivity index (χ0n) is 10.1. The first-order valence-electron chi connectivity index (χ1n) is 5.47. The number of methoxy groups -OCH3 is 1. The van der Waals surface area contributed by atoms with Crippen molar-refractivity contribution < 1.29 is 9.53 Å². The number of nitrogen functional groups attached to an aromatic ring is 1. The average molecular weight is 296 g/mol. The van der Waals surface area contributed by atoms with Gasteiger partial charge in [0.05, 0.1) is 28.4 Å². The molecule has 0 aliphatic rings. The third-order valence-electron chi connectivity index (χ3n) is 2.68. The third-order valence-corrected chi connectivity index (χ3v) is 3.42. The summed E-state index contributed by atoms with van der Waals surface area (Å²) in [6.07, 6.45) is 0. The average Bonchev–Trinajstić information content (AvgIpc) is 2.40. The third kappa shape index (κ3) is 2.67. The summed E-state index contributed by atoms with van der Waals surface area (Å²) in [6, 6.07) is 9.73. The van der Waals surface area contributed by atoms with E-state index in [0.29, 0.717) is 32.6 Å². The van der Waals surface area contributed by atoms with Gasteiger partial charge in [-0.15, -0.1) is 0 Å². The first kappa shape index (κ1) is 13.7. The summed E-state index contributed by atoms with van der Waals surface area (Å²) in [7, 11) is 1.47. The Balaban J connectivity index is 2.50. The highest BCUT2D eigenvalue weighted by Crippen LogP contribution is 2.30. The Kier molecular flexibility index (Phi) is 3.98. The number of ether oxygens (including phenoxy) is 1. The molecule has 98 valence electrons. The fourth-order valence-corrected chi connectivity index (χ4v) is 2.05. The summed E-state index contributed by atoms with van der Waals surface area (Å²) < 4.78 is 5.17. The van der Waals surface area contributed by atoms with Crippen LogP contribution in [-0.2, 0) is 0 Å². The molecule has 0 aromatic heterocycles. The predicted molar refractivity (Wildman–Crippen MR) is 77.3 cm³/mol. The summed E-state index contributed by atoms with van der Waals surface area (Å²) in [5, 5.41) is 0.730. The molecule has 0 unspecified atom stereocenters. The number of hydrogen-bond donors (Lipinski definition) is 1. The maximum absolute atomic E-state index is 12.4. The number of carbonyl (C=O) groups is 1. The maximum Gasteiger partial charge on any atom is 0.196 e. The molecular formula is C14H11Cl2NO2. The quantitative estimate of drug-likeness (QED) is 0.692. The smallest absolute Gasteiger partial charge is 0.196 e. The van der Waals surface area contributed by atoms with Crippen molar-refractivity contribution in [2.24, 2.45) is 0 Å². The lowest BCUT2D eigenvalue weighted by atomic mass is 10.0. The summed E-state index contributed by atoms with van der Waals surface area (Å²) in [5.74, 6) is 0.140. The monoisotopic (exact) mass is 295 g/mol. The van der Waals surface area contributed by atoms with Gasteiger partial charge in [0.25, 0.3) is 0 Å². The lowest BCUT2D eigenvalue weighted by Crippen LogP contribution is -2.06. The van der Waals surface area contributed by atoms with Gasteiger partial charge in [-0.1, -0.05) is 29.3 Å². The van der Waals surface area contributed by atoms with Gasteiger partial charge in [-0.2, -0.15) is 0 Å². The van der Waals surface area contributed by atoms with Crippen LogP contribution < -0.4 is 10.5 Å². The van der Waals surface area contributed by atoms with E-state index < -0.39 is 0 Å². The molecule has 19 heavy (non-hydrogen) atoms. The van der Waals surface area contributed by atoms with Crippen LogP contribution in [0.15, 0.2) is 36.4 Å². The zero-order chi connectivity index (χ0) is 14.0. The molecule has 0 heterocycles. The first-order valence-corrected chi connectivity index (χ1v) is 6.22. The van der Waals surface area contributed by atoms with Gasteiger partial charge in [0.2, 0.25) is 0 Å². The number of rotatable bonds is 3. The van der Waals surface area contributed by atoms with E-state index in [2.05, 4.69) is 0 Å². The van der Waals surface area contributed by atoms with Gasteiger partial charge in [-0.25, -0.2) is 0 Å². The van der Waals surface area contributed by atoms with Gasteiger partial charge >= 0.3 is 0 Å². The molecule has 0 aliphatic carbocycles. The Morgan fingerprint density at radius 1 is 1.16 bits per heavy atom. The summed E-state index contributed by atoms with van der Waals surface area (Å²) in [4.78, 5) is 12.4. The molecule has 0 bridgehead atoms. The topological polar surface area (TPSA) is 52.3 Å². The largest absolute Gasteiger partial charge is 0.494 e. The van der Waals surface area contributed by atoms with Crippen molar-refractivity contribution in [2.45, 2.75) is 0 Å². The maximum atomic E-state index is 12.4. The number of ketones is 1. The van der Waals surface area contributed by atoms with Crippen LogP contribution in [0.25, 0.3) is 0 Å². The first-order chi connectivity index (χ1) is 9.04. The number of halogens is 2. The highest BCUT2D eigenvalue weighted by Gasteiger charge is 2.17. The molecular weight excluding hydrogens is 285 g/mol. The van der Waals surface area contributed by atoms with Gasteiger partial charge in [0.15, 0.2) is 11.5 Å². The Labute approximate surface area is 120 Å². The number of benzene rings is 2. The van der Waals surface area contributed by atoms with Crippen molar-refractivity contribution in [3.8, 4) is 5.75 Å². The number of anilines is 1. The Bertz CT molecular complexity index is 641. The fraction of sp³-hybridized carbons (Fsp3) is 0.0714. The van der Waals surface area contributed by atoms with E-state index in [9.17, 15) is 4.79 Å². The second kappa shape index (κ2) is 5.51. The van der Waals surface area contributed by atoms with Gasteiger partial charge in [0.1, 0.15) is 0 Å². The number of hydrogen-bond acceptors (Lipinski definition) is 3. The van der Waals surface area contributed by atoms with E-state index in [1.165, 1.54) is 13.2 Å². The second-order valence-electron chi connectivity index (χ2n) is 3.89. The van der Waals surface area contributed by atoms with E-state index in [-0.39, 0.29) is 5.78 Å². The predicted octanol–water partition coefficient (Wildman–Crippen LogP) is 3.82. The standard InChI is InChI=1S/C14H11Cl2NO2/c1-19-14-9(3-2-4-12(14)17)13(18)8-5-6-10(15)11(16)7-8/h2-7H,17H2,1H3. The zero-order valence-corrected chi connectivity index (χ0v) is 11.6. The molecule has 0 fully saturated rings. The Morgan fingerprint density at radius 2 is 1.89 bits per heavy atom. The normalized spacial score (nSPS) is 10.3. The SMILES string of the molecule is COc1c(N)cccc1C(=O)c1ccc(Cl)c(Cl)c1. The fourth-order valence-electron chi connectivity index (χ4n) is 1.75. The Hall–Kier alpha value is -1.71. The van der Waals surface area contributed by atoms with Crippen LogP contribution in [0.5, 0.6) is 5.75 Å². The minimum Gasteiger partial charge on any atom is -0.494 e. The van der Waals surface area contributed by atoms with Crippen molar-refractivity contribution >= 4 is 34.7 Å². The van der Waals surface area contributed by atoms with Crippen LogP contribution >= 0.6 is 23.2 Å². The molecule has 0 radical (unpaired) electrons. The summed E-state index contributed by atoms with van der Waals surface area (Å²) >= 11 is 11.7. The van der Waals surface area contributed by atoms with Crippen LogP contribution in [0.3, 0.4) is 0 Å². The molecule has 0 amide bonds. The molecule has 0 aliphatic heterocycles. The van der Waals surface area contributed by atoms with Gasteiger partial charge in [-0.3, -0.25) is 4.79 Å². The second-order valence-corrected chi connectivity index (χ2v) is 4.70. The minimum absolute atomic E-state index is 0.220. The molecule has 0 saturated heterocycles. The minimum atomic E-state index is -0.220. The van der Waals surface area contributed by atoms with Crippen molar-refractivity contribution in [2.75, 3.05) is 12.8 Å². The molecule has 2 aromatic carbocycles. The molecule has 5 heteroatoms. The van der Waals surface area contributed by atoms with E-state index in [1.807, 2.05) is 0 Å². The van der Waals surface area contributed by atoms with Crippen molar-refractivity contribution in [1.82, 2.24) is 0 Å². The Morgan fingerprint density at radius 3 is 2.53 bits per heavy atom. The molecule has 2 rings (SSSR count). The lowest BCUT2D eigenvalue weighted by molar-refractivity contribution is 0.103. The number of carbonyl (C=O) groups excluding carboxylic acids is 1. The lowest BCUT2D eigenvalue weighted by Gasteiger charge is -2.10. The van der Waals surface area contributed by atoms with Crippen LogP contribution in [0.4, 0.5) is 5.69 Å². The molecule has 0 atom stereocenters. The molecule has 3 nitrogen and oxygen atoms in total. The van der Waals surface area contributed by atoms with Gasteiger partial charge < -0.3 is 10.5 Å². The van der Waals surface area contributed by atoms with Gasteiger partial charge in [0, 0.05) is 5.56 Å². The summed E-state index contributed by atoms with van der Waals surface area (Å²) in [5.41, 5.74) is 7.01. The van der Waals surface area contributed by atoms with Gasteiger partial charge in [-0.05, 0) is 30.3 Å².